The highest BCUT2D eigenvalue weighted by atomic mass is 127. The van der Waals surface area contributed by atoms with Gasteiger partial charge in [0.2, 0.25) is 0 Å². The number of aliphatic imine (C=N–C) groups is 1. The summed E-state index contributed by atoms with van der Waals surface area (Å²) in [4.78, 5) is 18.5. The molecule has 0 bridgehead atoms. The predicted molar refractivity (Wildman–Crippen MR) is 120 cm³/mol. The molecule has 9 heteroatoms. The Labute approximate surface area is 180 Å². The van der Waals surface area contributed by atoms with Crippen LogP contribution in [0.2, 0.25) is 0 Å². The van der Waals surface area contributed by atoms with Crippen LogP contribution in [-0.4, -0.2) is 39.1 Å². The van der Waals surface area contributed by atoms with Gasteiger partial charge in [0, 0.05) is 56.2 Å². The molecule has 0 aliphatic carbocycles. The van der Waals surface area contributed by atoms with Crippen LogP contribution in [0.1, 0.15) is 22.4 Å². The molecule has 144 valence electrons. The van der Waals surface area contributed by atoms with Crippen LogP contribution < -0.4 is 10.6 Å². The van der Waals surface area contributed by atoms with Gasteiger partial charge in [-0.2, -0.15) is 0 Å². The summed E-state index contributed by atoms with van der Waals surface area (Å²) in [7, 11) is 1.77. The molecule has 0 saturated heterocycles. The lowest BCUT2D eigenvalue weighted by Crippen LogP contribution is -2.37. The Morgan fingerprint density at radius 2 is 2.11 bits per heavy atom. The van der Waals surface area contributed by atoms with Gasteiger partial charge in [-0.25, -0.2) is 15.0 Å². The Balaban J connectivity index is 0.00000261. The van der Waals surface area contributed by atoms with E-state index in [0.29, 0.717) is 6.54 Å². The Kier molecular flexibility index (Phi) is 8.65. The van der Waals surface area contributed by atoms with E-state index in [1.165, 1.54) is 4.88 Å². The van der Waals surface area contributed by atoms with Crippen molar-refractivity contribution in [1.29, 1.82) is 0 Å². The number of pyridine rings is 1. The van der Waals surface area contributed by atoms with Gasteiger partial charge in [-0.3, -0.25) is 9.56 Å². The highest BCUT2D eigenvalue weighted by molar-refractivity contribution is 14.0. The van der Waals surface area contributed by atoms with Crippen molar-refractivity contribution >= 4 is 41.3 Å². The van der Waals surface area contributed by atoms with Crippen molar-refractivity contribution in [2.45, 2.75) is 26.3 Å². The number of aryl methyl sites for hydroxylation is 1. The fourth-order valence-electron chi connectivity index (χ4n) is 2.39. The molecule has 27 heavy (non-hydrogen) atoms. The summed E-state index contributed by atoms with van der Waals surface area (Å²) in [6, 6.07) is 4.02. The lowest BCUT2D eigenvalue weighted by Gasteiger charge is -2.11. The normalized spacial score (nSPS) is 11.1. The first kappa shape index (κ1) is 21.3. The van der Waals surface area contributed by atoms with Crippen molar-refractivity contribution in [2.24, 2.45) is 4.99 Å². The third kappa shape index (κ3) is 6.28. The van der Waals surface area contributed by atoms with Gasteiger partial charge in [0.1, 0.15) is 12.1 Å². The number of nitrogens with one attached hydrogen (secondary N) is 2. The van der Waals surface area contributed by atoms with E-state index in [1.807, 2.05) is 35.3 Å². The molecule has 0 aliphatic heterocycles. The summed E-state index contributed by atoms with van der Waals surface area (Å²) in [5.41, 5.74) is 1.09. The second-order valence-corrected chi connectivity index (χ2v) is 6.87. The number of guanidine groups is 1. The molecule has 0 aromatic carbocycles. The quantitative estimate of drug-likeness (QED) is 0.298. The fourth-order valence-corrected chi connectivity index (χ4v) is 3.25. The zero-order chi connectivity index (χ0) is 18.2. The number of aromatic nitrogens is 4. The topological polar surface area (TPSA) is 80.0 Å². The molecule has 0 atom stereocenters. The summed E-state index contributed by atoms with van der Waals surface area (Å²) < 4.78 is 1.88. The van der Waals surface area contributed by atoms with Crippen LogP contribution in [0.15, 0.2) is 48.2 Å². The highest BCUT2D eigenvalue weighted by Crippen LogP contribution is 2.13. The average Bonchev–Trinajstić information content (AvgIpc) is 3.37. The molecule has 7 nitrogen and oxygen atoms in total. The first-order valence-electron chi connectivity index (χ1n) is 8.60. The molecule has 3 rings (SSSR count). The van der Waals surface area contributed by atoms with Crippen LogP contribution in [0.3, 0.4) is 0 Å². The van der Waals surface area contributed by atoms with Gasteiger partial charge in [-0.05, 0) is 18.1 Å². The third-order valence-corrected chi connectivity index (χ3v) is 5.04. The minimum absolute atomic E-state index is 0. The standard InChI is InChI=1S/C18H23N7S.HI/c1-3-15-12-23-17(26-15)6-7-21-18(19-2)24-11-14-4-5-16(22-10-14)25-9-8-20-13-25;/h4-5,8-10,12-13H,3,6-7,11H2,1-2H3,(H2,19,21,24);1H. The van der Waals surface area contributed by atoms with Gasteiger partial charge in [-0.15, -0.1) is 35.3 Å². The number of thiazole rings is 1. The Hall–Kier alpha value is -2.01. The SMILES string of the molecule is CCc1cnc(CCNC(=NC)NCc2ccc(-n3ccnc3)nc2)s1.I. The molecule has 2 N–H and O–H groups in total. The second kappa shape index (κ2) is 11.0. The van der Waals surface area contributed by atoms with Gasteiger partial charge in [0.05, 0.1) is 5.01 Å². The fraction of sp³-hybridized carbons (Fsp3) is 0.333. The van der Waals surface area contributed by atoms with Crippen LogP contribution >= 0.6 is 35.3 Å². The van der Waals surface area contributed by atoms with E-state index in [1.54, 1.807) is 30.9 Å². The van der Waals surface area contributed by atoms with E-state index in [4.69, 9.17) is 0 Å². The van der Waals surface area contributed by atoms with E-state index < -0.39 is 0 Å². The maximum absolute atomic E-state index is 4.45. The Bertz CT molecular complexity index is 828. The molecule has 0 fully saturated rings. The minimum atomic E-state index is 0. The Morgan fingerprint density at radius 3 is 2.74 bits per heavy atom. The van der Waals surface area contributed by atoms with Gasteiger partial charge in [0.15, 0.2) is 5.96 Å². The summed E-state index contributed by atoms with van der Waals surface area (Å²) in [6.45, 7) is 3.61. The molecule has 0 radical (unpaired) electrons. The van der Waals surface area contributed by atoms with E-state index in [-0.39, 0.29) is 24.0 Å². The summed E-state index contributed by atoms with van der Waals surface area (Å²) >= 11 is 1.78. The van der Waals surface area contributed by atoms with Crippen molar-refractivity contribution in [3.63, 3.8) is 0 Å². The van der Waals surface area contributed by atoms with E-state index in [0.717, 1.165) is 41.7 Å². The van der Waals surface area contributed by atoms with Crippen LogP contribution in [-0.2, 0) is 19.4 Å². The lowest BCUT2D eigenvalue weighted by atomic mass is 10.3. The second-order valence-electron chi connectivity index (χ2n) is 5.67. The van der Waals surface area contributed by atoms with Crippen molar-refractivity contribution in [3.8, 4) is 5.82 Å². The molecular weight excluding hydrogens is 473 g/mol. The van der Waals surface area contributed by atoms with E-state index in [2.05, 4.69) is 37.5 Å². The molecular formula is C18H24IN7S. The van der Waals surface area contributed by atoms with Crippen LogP contribution in [0.25, 0.3) is 5.82 Å². The maximum Gasteiger partial charge on any atom is 0.191 e. The molecule has 3 aromatic rings. The van der Waals surface area contributed by atoms with Gasteiger partial charge in [0.25, 0.3) is 0 Å². The largest absolute Gasteiger partial charge is 0.356 e. The molecule has 0 spiro atoms. The molecule has 0 saturated carbocycles. The van der Waals surface area contributed by atoms with Gasteiger partial charge < -0.3 is 10.6 Å². The summed E-state index contributed by atoms with van der Waals surface area (Å²) in [6.07, 6.45) is 11.1. The highest BCUT2D eigenvalue weighted by Gasteiger charge is 2.03. The predicted octanol–water partition coefficient (Wildman–Crippen LogP) is 2.81. The lowest BCUT2D eigenvalue weighted by molar-refractivity contribution is 0.789. The van der Waals surface area contributed by atoms with Crippen LogP contribution in [0, 0.1) is 0 Å². The molecule has 3 aromatic heterocycles. The summed E-state index contributed by atoms with van der Waals surface area (Å²) in [5.74, 6) is 1.62. The average molecular weight is 497 g/mol. The first-order valence-corrected chi connectivity index (χ1v) is 9.41. The molecule has 0 amide bonds. The smallest absolute Gasteiger partial charge is 0.191 e. The zero-order valence-electron chi connectivity index (χ0n) is 15.4. The van der Waals surface area contributed by atoms with E-state index in [9.17, 15) is 0 Å². The molecule has 3 heterocycles. The Morgan fingerprint density at radius 1 is 1.22 bits per heavy atom. The van der Waals surface area contributed by atoms with Crippen LogP contribution in [0.4, 0.5) is 0 Å². The molecule has 0 aliphatic rings. The van der Waals surface area contributed by atoms with Crippen molar-refractivity contribution < 1.29 is 0 Å². The number of hydrogen-bond acceptors (Lipinski definition) is 5. The van der Waals surface area contributed by atoms with E-state index >= 15 is 0 Å². The number of halogens is 1. The summed E-state index contributed by atoms with van der Waals surface area (Å²) in [5, 5.41) is 7.78. The monoisotopic (exact) mass is 497 g/mol. The van der Waals surface area contributed by atoms with Crippen molar-refractivity contribution in [1.82, 2.24) is 30.2 Å². The number of hydrogen-bond donors (Lipinski definition) is 2. The maximum atomic E-state index is 4.45. The minimum Gasteiger partial charge on any atom is -0.356 e. The first-order chi connectivity index (χ1) is 12.8. The van der Waals surface area contributed by atoms with Crippen molar-refractivity contribution in [2.75, 3.05) is 13.6 Å². The van der Waals surface area contributed by atoms with Gasteiger partial charge >= 0.3 is 0 Å². The number of nitrogens with zero attached hydrogens (tertiary/aromatic N) is 5. The number of imidazole rings is 1. The van der Waals surface area contributed by atoms with Gasteiger partial charge in [-0.1, -0.05) is 13.0 Å². The molecule has 0 unspecified atom stereocenters. The van der Waals surface area contributed by atoms with Crippen LogP contribution in [0.5, 0.6) is 0 Å². The number of rotatable bonds is 7. The zero-order valence-corrected chi connectivity index (χ0v) is 18.6. The van der Waals surface area contributed by atoms with Crippen molar-refractivity contribution in [3.05, 3.63) is 58.7 Å². The third-order valence-electron chi connectivity index (χ3n) is 3.84.